The van der Waals surface area contributed by atoms with Gasteiger partial charge < -0.3 is 15.4 Å². The van der Waals surface area contributed by atoms with Gasteiger partial charge in [0.05, 0.1) is 21.0 Å². The van der Waals surface area contributed by atoms with Gasteiger partial charge in [0.15, 0.2) is 0 Å². The number of carbonyl (C=O) groups excluding carboxylic acids is 4. The molecule has 0 saturated heterocycles. The molecule has 0 aliphatic rings. The fourth-order valence-corrected chi connectivity index (χ4v) is 3.46. The summed E-state index contributed by atoms with van der Waals surface area (Å²) in [5, 5.41) is 26.7. The Kier molecular flexibility index (Phi) is 8.19. The maximum Gasteiger partial charge on any atom is 0.346 e. The Bertz CT molecular complexity index is 1520. The third-order valence-electron chi connectivity index (χ3n) is 5.62. The van der Waals surface area contributed by atoms with E-state index in [4.69, 9.17) is 4.74 Å². The molecule has 4 aromatic carbocycles. The van der Waals surface area contributed by atoms with Gasteiger partial charge in [0.25, 0.3) is 23.2 Å². The lowest BCUT2D eigenvalue weighted by atomic mass is 10.1. The van der Waals surface area contributed by atoms with E-state index in [1.807, 2.05) is 0 Å². The van der Waals surface area contributed by atoms with Gasteiger partial charge in [-0.05, 0) is 72.8 Å². The Morgan fingerprint density at radius 2 is 0.780 bits per heavy atom. The number of ether oxygens (including phenoxy) is 1. The van der Waals surface area contributed by atoms with Crippen LogP contribution in [0.15, 0.2) is 97.1 Å². The molecule has 0 unspecified atom stereocenters. The van der Waals surface area contributed by atoms with Gasteiger partial charge >= 0.3 is 11.9 Å². The molecule has 2 amide bonds. The quantitative estimate of drug-likeness (QED) is 0.131. The number of rotatable bonds is 8. The number of nitrogens with zero attached hydrogens (tertiary/aromatic N) is 2. The second-order valence-corrected chi connectivity index (χ2v) is 8.35. The van der Waals surface area contributed by atoms with E-state index < -0.39 is 33.6 Å². The van der Waals surface area contributed by atoms with Crippen LogP contribution in [-0.2, 0) is 4.74 Å². The molecular formula is C28H18N4O9. The first-order valence-corrected chi connectivity index (χ1v) is 11.7. The zero-order valence-corrected chi connectivity index (χ0v) is 20.8. The van der Waals surface area contributed by atoms with Crippen molar-refractivity contribution in [2.75, 3.05) is 10.6 Å². The van der Waals surface area contributed by atoms with Crippen LogP contribution in [0.3, 0.4) is 0 Å². The topological polar surface area (TPSA) is 188 Å². The summed E-state index contributed by atoms with van der Waals surface area (Å²) in [5.74, 6) is -2.90. The summed E-state index contributed by atoms with van der Waals surface area (Å²) in [7, 11) is 0. The van der Waals surface area contributed by atoms with Crippen LogP contribution >= 0.6 is 0 Å². The molecule has 4 aromatic rings. The maximum absolute atomic E-state index is 12.4. The highest BCUT2D eigenvalue weighted by molar-refractivity contribution is 6.06. The predicted octanol–water partition coefficient (Wildman–Crippen LogP) is 5.00. The van der Waals surface area contributed by atoms with Gasteiger partial charge in [-0.25, -0.2) is 9.59 Å². The van der Waals surface area contributed by atoms with Crippen molar-refractivity contribution in [3.8, 4) is 0 Å². The molecule has 0 aliphatic carbocycles. The summed E-state index contributed by atoms with van der Waals surface area (Å²) in [4.78, 5) is 69.9. The summed E-state index contributed by atoms with van der Waals surface area (Å²) in [6, 6.07) is 21.1. The fraction of sp³-hybridized carbons (Fsp3) is 0. The second-order valence-electron chi connectivity index (χ2n) is 8.35. The zero-order valence-electron chi connectivity index (χ0n) is 20.8. The highest BCUT2D eigenvalue weighted by Gasteiger charge is 2.16. The average Bonchev–Trinajstić information content (AvgIpc) is 2.97. The molecule has 0 saturated carbocycles. The Labute approximate surface area is 230 Å². The van der Waals surface area contributed by atoms with Crippen LogP contribution in [0.4, 0.5) is 22.7 Å². The lowest BCUT2D eigenvalue weighted by molar-refractivity contribution is -0.385. The number of hydrogen-bond donors (Lipinski definition) is 2. The largest absolute Gasteiger partial charge is 0.386 e. The molecular weight excluding hydrogens is 536 g/mol. The molecule has 0 fully saturated rings. The minimum absolute atomic E-state index is 0.0404. The van der Waals surface area contributed by atoms with E-state index in [0.29, 0.717) is 11.4 Å². The van der Waals surface area contributed by atoms with E-state index in [1.165, 1.54) is 97.1 Å². The molecule has 0 aliphatic heterocycles. The van der Waals surface area contributed by atoms with Crippen LogP contribution in [-0.4, -0.2) is 33.6 Å². The molecule has 4 rings (SSSR count). The van der Waals surface area contributed by atoms with Crippen LogP contribution in [0, 0.1) is 20.2 Å². The average molecular weight is 554 g/mol. The van der Waals surface area contributed by atoms with Crippen LogP contribution in [0.25, 0.3) is 0 Å². The SMILES string of the molecule is O=C(Nc1ccc(C(=O)OC(=O)c2ccc(NC(=O)c3ccc([N+](=O)[O-])cc3)cc2)cc1)c1ccc([N+](=O)[O-])cc1. The smallest absolute Gasteiger partial charge is 0.346 e. The van der Waals surface area contributed by atoms with Gasteiger partial charge in [-0.3, -0.25) is 29.8 Å². The number of nitrogens with one attached hydrogen (secondary N) is 2. The van der Waals surface area contributed by atoms with E-state index in [1.54, 1.807) is 0 Å². The first-order valence-electron chi connectivity index (χ1n) is 11.7. The first kappa shape index (κ1) is 27.8. The van der Waals surface area contributed by atoms with Crippen molar-refractivity contribution in [2.45, 2.75) is 0 Å². The monoisotopic (exact) mass is 554 g/mol. The molecule has 204 valence electrons. The van der Waals surface area contributed by atoms with Gasteiger partial charge in [0, 0.05) is 46.8 Å². The molecule has 0 bridgehead atoms. The van der Waals surface area contributed by atoms with E-state index >= 15 is 0 Å². The Hall–Kier alpha value is -6.24. The second kappa shape index (κ2) is 12.1. The van der Waals surface area contributed by atoms with Gasteiger partial charge in [0.2, 0.25) is 0 Å². The van der Waals surface area contributed by atoms with Gasteiger partial charge in [0.1, 0.15) is 0 Å². The van der Waals surface area contributed by atoms with Crippen LogP contribution in [0.2, 0.25) is 0 Å². The zero-order chi connectivity index (χ0) is 29.5. The van der Waals surface area contributed by atoms with Crippen molar-refractivity contribution in [1.29, 1.82) is 0 Å². The van der Waals surface area contributed by atoms with Crippen molar-refractivity contribution < 1.29 is 33.8 Å². The van der Waals surface area contributed by atoms with Crippen LogP contribution in [0.5, 0.6) is 0 Å². The Balaban J connectivity index is 1.31. The van der Waals surface area contributed by atoms with E-state index in [0.717, 1.165) is 0 Å². The molecule has 41 heavy (non-hydrogen) atoms. The summed E-state index contributed by atoms with van der Waals surface area (Å²) < 4.78 is 4.90. The van der Waals surface area contributed by atoms with Gasteiger partial charge in [-0.2, -0.15) is 0 Å². The fourth-order valence-electron chi connectivity index (χ4n) is 3.46. The lowest BCUT2D eigenvalue weighted by Crippen LogP contribution is -2.14. The van der Waals surface area contributed by atoms with Crippen molar-refractivity contribution >= 4 is 46.5 Å². The number of carbonyl (C=O) groups is 4. The third kappa shape index (κ3) is 7.00. The number of non-ortho nitro benzene ring substituents is 2. The number of amides is 2. The normalized spacial score (nSPS) is 10.2. The van der Waals surface area contributed by atoms with Gasteiger partial charge in [-0.15, -0.1) is 0 Å². The molecule has 13 heteroatoms. The highest BCUT2D eigenvalue weighted by Crippen LogP contribution is 2.18. The number of nitro benzene ring substituents is 2. The summed E-state index contributed by atoms with van der Waals surface area (Å²) >= 11 is 0. The molecule has 13 nitrogen and oxygen atoms in total. The highest BCUT2D eigenvalue weighted by atomic mass is 16.6. The Morgan fingerprint density at radius 1 is 0.488 bits per heavy atom. The minimum Gasteiger partial charge on any atom is -0.386 e. The Morgan fingerprint density at radius 3 is 1.07 bits per heavy atom. The molecule has 2 N–H and O–H groups in total. The lowest BCUT2D eigenvalue weighted by Gasteiger charge is -2.08. The number of hydrogen-bond acceptors (Lipinski definition) is 9. The predicted molar refractivity (Wildman–Crippen MR) is 145 cm³/mol. The van der Waals surface area contributed by atoms with Crippen molar-refractivity contribution in [2.24, 2.45) is 0 Å². The summed E-state index contributed by atoms with van der Waals surface area (Å²) in [6.07, 6.45) is 0. The molecule has 0 atom stereocenters. The van der Waals surface area contributed by atoms with Crippen molar-refractivity contribution in [1.82, 2.24) is 0 Å². The molecule has 0 aromatic heterocycles. The molecule has 0 heterocycles. The van der Waals surface area contributed by atoms with Crippen molar-refractivity contribution in [3.63, 3.8) is 0 Å². The number of nitro groups is 2. The number of benzene rings is 4. The van der Waals surface area contributed by atoms with Crippen LogP contribution in [0.1, 0.15) is 41.4 Å². The number of esters is 2. The van der Waals surface area contributed by atoms with Gasteiger partial charge in [-0.1, -0.05) is 0 Å². The first-order chi connectivity index (χ1) is 19.6. The van der Waals surface area contributed by atoms with E-state index in [9.17, 15) is 39.4 Å². The van der Waals surface area contributed by atoms with E-state index in [-0.39, 0.29) is 33.6 Å². The molecule has 0 radical (unpaired) electrons. The minimum atomic E-state index is -0.932. The van der Waals surface area contributed by atoms with E-state index in [2.05, 4.69) is 10.6 Å². The summed E-state index contributed by atoms with van der Waals surface area (Å²) in [6.45, 7) is 0. The standard InChI is InChI=1S/C28H18N4O9/c33-25(17-5-13-23(14-6-17)31(37)38)29-21-9-1-19(2-10-21)27(35)41-28(36)20-3-11-22(12-4-20)30-26(34)18-7-15-24(16-8-18)32(39)40/h1-16H,(H,29,33)(H,30,34). The van der Waals surface area contributed by atoms with Crippen LogP contribution < -0.4 is 10.6 Å². The number of anilines is 2. The summed E-state index contributed by atoms with van der Waals surface area (Å²) in [5.41, 5.74) is 0.841. The maximum atomic E-state index is 12.4. The van der Waals surface area contributed by atoms with Crippen molar-refractivity contribution in [3.05, 3.63) is 140 Å². The molecule has 0 spiro atoms. The third-order valence-corrected chi connectivity index (χ3v) is 5.62.